The molecule has 0 spiro atoms. The van der Waals surface area contributed by atoms with Gasteiger partial charge in [0.1, 0.15) is 0 Å². The molecular formula is C10H10N2O. The fourth-order valence-electron chi connectivity index (χ4n) is 0.929. The van der Waals surface area contributed by atoms with Crippen molar-refractivity contribution in [3.05, 3.63) is 41.9 Å². The molecule has 0 aliphatic rings. The number of nitrogens with zero attached hydrogens (tertiary/aromatic N) is 2. The zero-order chi connectivity index (χ0) is 15.2. The molecule has 2 rings (SSSR count). The second kappa shape index (κ2) is 2.94. The molecule has 66 valence electrons. The van der Waals surface area contributed by atoms with Crippen LogP contribution in [0.5, 0.6) is 5.88 Å². The van der Waals surface area contributed by atoms with E-state index in [-0.39, 0.29) is 23.3 Å². The van der Waals surface area contributed by atoms with Crippen LogP contribution in [0.15, 0.2) is 36.3 Å². The molecule has 1 aromatic carbocycles. The molecule has 13 heavy (non-hydrogen) atoms. The SMILES string of the molecule is [2H]Oc1c([2H])c(C)nn1-c1c([2H])c([2H])c([2H])c([2H])c1[2H]. The van der Waals surface area contributed by atoms with Crippen molar-refractivity contribution in [1.29, 1.82) is 1.43 Å². The lowest BCUT2D eigenvalue weighted by Crippen LogP contribution is -1.94. The highest BCUT2D eigenvalue weighted by Gasteiger charge is 2.03. The third kappa shape index (κ3) is 1.40. The zero-order valence-corrected chi connectivity index (χ0v) is 6.80. The van der Waals surface area contributed by atoms with Crippen LogP contribution in [0.1, 0.15) is 13.9 Å². The van der Waals surface area contributed by atoms with Gasteiger partial charge in [-0.25, -0.2) is 4.68 Å². The summed E-state index contributed by atoms with van der Waals surface area (Å²) >= 11 is 0. The molecule has 1 heterocycles. The lowest BCUT2D eigenvalue weighted by atomic mass is 10.3. The lowest BCUT2D eigenvalue weighted by molar-refractivity contribution is 0.433. The van der Waals surface area contributed by atoms with Gasteiger partial charge in [0.25, 0.3) is 1.43 Å². The van der Waals surface area contributed by atoms with Gasteiger partial charge in [0.15, 0.2) is 0 Å². The van der Waals surface area contributed by atoms with E-state index >= 15 is 0 Å². The van der Waals surface area contributed by atoms with Gasteiger partial charge in [-0.05, 0) is 19.0 Å². The smallest absolute Gasteiger partial charge is 0.295 e. The summed E-state index contributed by atoms with van der Waals surface area (Å²) in [5.41, 5.74) is -0.0288. The van der Waals surface area contributed by atoms with E-state index in [9.17, 15) is 0 Å². The molecule has 0 bridgehead atoms. The summed E-state index contributed by atoms with van der Waals surface area (Å²) < 4.78 is 53.8. The van der Waals surface area contributed by atoms with Crippen LogP contribution in [-0.4, -0.2) is 16.3 Å². The fraction of sp³-hybridized carbons (Fsp3) is 0.100. The molecule has 1 aromatic heterocycles. The zero-order valence-electron chi connectivity index (χ0n) is 13.8. The summed E-state index contributed by atoms with van der Waals surface area (Å²) in [5, 5.41) is 8.20. The molecule has 0 aliphatic carbocycles. The van der Waals surface area contributed by atoms with Crippen LogP contribution < -0.4 is 0 Å². The Balaban J connectivity index is 2.87. The van der Waals surface area contributed by atoms with Crippen LogP contribution in [-0.2, 0) is 0 Å². The molecule has 2 aromatic rings. The van der Waals surface area contributed by atoms with E-state index < -0.39 is 30.2 Å². The number of hydrogen-bond donors (Lipinski definition) is 1. The normalized spacial score (nSPS) is 17.5. The Morgan fingerprint density at radius 2 is 2.23 bits per heavy atom. The minimum atomic E-state index is -0.521. The molecular weight excluding hydrogens is 164 g/mol. The number of benzene rings is 1. The molecule has 0 unspecified atom stereocenters. The van der Waals surface area contributed by atoms with Crippen LogP contribution in [0, 0.1) is 6.92 Å². The number of aromatic nitrogens is 2. The molecule has 0 aliphatic heterocycles. The second-order valence-electron chi connectivity index (χ2n) is 2.40. The Morgan fingerprint density at radius 1 is 1.46 bits per heavy atom. The maximum Gasteiger partial charge on any atom is 0.295 e. The molecule has 0 saturated carbocycles. The van der Waals surface area contributed by atoms with Crippen molar-refractivity contribution in [3.63, 3.8) is 0 Å². The lowest BCUT2D eigenvalue weighted by Gasteiger charge is -2.00. The van der Waals surface area contributed by atoms with E-state index in [1.807, 2.05) is 0 Å². The number of aryl methyl sites for hydroxylation is 1. The van der Waals surface area contributed by atoms with Crippen LogP contribution in [0.25, 0.3) is 5.69 Å². The van der Waals surface area contributed by atoms with Crippen LogP contribution >= 0.6 is 0 Å². The van der Waals surface area contributed by atoms with Gasteiger partial charge in [0, 0.05) is 6.04 Å². The van der Waals surface area contributed by atoms with E-state index in [0.29, 0.717) is 0 Å². The predicted molar refractivity (Wildman–Crippen MR) is 50.0 cm³/mol. The monoisotopic (exact) mass is 181 g/mol. The van der Waals surface area contributed by atoms with Crippen molar-refractivity contribution in [2.75, 3.05) is 0 Å². The number of aromatic hydroxyl groups is 1. The maximum atomic E-state index is 7.81. The Bertz CT molecular complexity index is 669. The maximum absolute atomic E-state index is 7.81. The Kier molecular flexibility index (Phi) is 0.718. The van der Waals surface area contributed by atoms with E-state index in [0.717, 1.165) is 4.68 Å². The number of para-hydroxylation sites is 1. The molecule has 0 fully saturated rings. The first-order valence-electron chi connectivity index (χ1n) is 6.98. The average molecular weight is 181 g/mol. The quantitative estimate of drug-likeness (QED) is 0.768. The minimum Gasteiger partial charge on any atom is -0.493 e. The van der Waals surface area contributed by atoms with Crippen molar-refractivity contribution in [2.24, 2.45) is 0 Å². The topological polar surface area (TPSA) is 38.1 Å². The third-order valence-corrected chi connectivity index (χ3v) is 1.43. The summed E-state index contributed by atoms with van der Waals surface area (Å²) in [6, 6.07) is -2.68. The largest absolute Gasteiger partial charge is 0.493 e. The number of rotatable bonds is 2. The molecule has 1 N–H and O–H groups in total. The van der Waals surface area contributed by atoms with E-state index in [1.165, 1.54) is 6.92 Å². The molecule has 3 heteroatoms. The highest BCUT2D eigenvalue weighted by molar-refractivity contribution is 5.34. The first kappa shape index (κ1) is 3.18. The summed E-state index contributed by atoms with van der Waals surface area (Å²) in [6.07, 6.45) is 0. The highest BCUT2D eigenvalue weighted by Crippen LogP contribution is 2.16. The molecule has 0 radical (unpaired) electrons. The second-order valence-corrected chi connectivity index (χ2v) is 2.40. The molecule has 0 saturated heterocycles. The summed E-state index contributed by atoms with van der Waals surface area (Å²) in [6.45, 7) is 1.50. The standard InChI is InChI=1S/C10H10N2O/c1-8-7-10(13)12(11-8)9-5-3-2-4-6-9/h2-7,13H,1H3/i2D,3D,4D,5D,6D,7D/hD. The van der Waals surface area contributed by atoms with Gasteiger partial charge in [-0.2, -0.15) is 5.10 Å². The third-order valence-electron chi connectivity index (χ3n) is 1.43. The van der Waals surface area contributed by atoms with Crippen LogP contribution in [0.2, 0.25) is 0 Å². The Hall–Kier alpha value is -1.77. The Morgan fingerprint density at radius 3 is 2.92 bits per heavy atom. The van der Waals surface area contributed by atoms with Crippen LogP contribution in [0.3, 0.4) is 0 Å². The summed E-state index contributed by atoms with van der Waals surface area (Å²) in [5.74, 6) is -0.305. The van der Waals surface area contributed by atoms with Crippen LogP contribution in [0.4, 0.5) is 0 Å². The van der Waals surface area contributed by atoms with E-state index in [4.69, 9.17) is 9.66 Å². The van der Waals surface area contributed by atoms with Gasteiger partial charge in [0.2, 0.25) is 5.88 Å². The van der Waals surface area contributed by atoms with Gasteiger partial charge < -0.3 is 5.11 Å². The van der Waals surface area contributed by atoms with Crippen molar-refractivity contribution >= 4 is 0 Å². The highest BCUT2D eigenvalue weighted by atomic mass is 16.3. The summed E-state index contributed by atoms with van der Waals surface area (Å²) in [7, 11) is 0. The number of hydrogen-bond acceptors (Lipinski definition) is 2. The van der Waals surface area contributed by atoms with Crippen molar-refractivity contribution in [3.8, 4) is 11.6 Å². The first-order chi connectivity index (χ1) is 9.31. The minimum absolute atomic E-state index is 0.174. The molecule has 3 nitrogen and oxygen atoms in total. The van der Waals surface area contributed by atoms with Crippen molar-refractivity contribution < 1.29 is 13.3 Å². The predicted octanol–water partition coefficient (Wildman–Crippen LogP) is 1.89. The first-order valence-corrected chi connectivity index (χ1v) is 3.57. The summed E-state index contributed by atoms with van der Waals surface area (Å²) in [4.78, 5) is 0. The van der Waals surface area contributed by atoms with Gasteiger partial charge in [-0.15, -0.1) is 0 Å². The van der Waals surface area contributed by atoms with Gasteiger partial charge >= 0.3 is 0 Å². The Labute approximate surface area is 86.2 Å². The fourth-order valence-corrected chi connectivity index (χ4v) is 0.929. The van der Waals surface area contributed by atoms with Crippen molar-refractivity contribution in [1.82, 2.24) is 9.78 Å². The van der Waals surface area contributed by atoms with E-state index in [1.54, 1.807) is 0 Å². The van der Waals surface area contributed by atoms with E-state index in [2.05, 4.69) is 10.2 Å². The van der Waals surface area contributed by atoms with Gasteiger partial charge in [-0.3, -0.25) is 0 Å². The molecule has 0 amide bonds. The average Bonchev–Trinajstić information content (AvgIpc) is 2.70. The van der Waals surface area contributed by atoms with Gasteiger partial charge in [0.05, 0.1) is 19.6 Å². The molecule has 0 atom stereocenters. The van der Waals surface area contributed by atoms with Gasteiger partial charge in [-0.1, -0.05) is 18.1 Å². The van der Waals surface area contributed by atoms with Crippen molar-refractivity contribution in [2.45, 2.75) is 6.92 Å².